The molecule has 0 radical (unpaired) electrons. The molecule has 1 aromatic heterocycles. The first-order chi connectivity index (χ1) is 9.52. The molecular formula is C14H13ClN4O. The van der Waals surface area contributed by atoms with Gasteiger partial charge in [-0.15, -0.1) is 0 Å². The van der Waals surface area contributed by atoms with Gasteiger partial charge in [0.15, 0.2) is 0 Å². The van der Waals surface area contributed by atoms with Crippen molar-refractivity contribution in [2.24, 2.45) is 7.05 Å². The van der Waals surface area contributed by atoms with Crippen molar-refractivity contribution in [1.29, 1.82) is 5.26 Å². The van der Waals surface area contributed by atoms with E-state index in [0.717, 1.165) is 5.69 Å². The predicted molar refractivity (Wildman–Crippen MR) is 75.2 cm³/mol. The van der Waals surface area contributed by atoms with Gasteiger partial charge in [-0.3, -0.25) is 9.48 Å². The summed E-state index contributed by atoms with van der Waals surface area (Å²) < 4.78 is 1.64. The van der Waals surface area contributed by atoms with Crippen LogP contribution >= 0.6 is 11.6 Å². The lowest BCUT2D eigenvalue weighted by Gasteiger charge is -2.17. The van der Waals surface area contributed by atoms with Gasteiger partial charge < -0.3 is 4.90 Å². The molecule has 102 valence electrons. The number of amides is 1. The van der Waals surface area contributed by atoms with Crippen molar-refractivity contribution in [2.45, 2.75) is 6.54 Å². The minimum atomic E-state index is -0.167. The van der Waals surface area contributed by atoms with Crippen molar-refractivity contribution < 1.29 is 4.79 Å². The zero-order valence-electron chi connectivity index (χ0n) is 11.2. The molecule has 0 saturated heterocycles. The number of hydrogen-bond acceptors (Lipinski definition) is 3. The van der Waals surface area contributed by atoms with Crippen molar-refractivity contribution in [3.63, 3.8) is 0 Å². The second-order valence-electron chi connectivity index (χ2n) is 4.42. The van der Waals surface area contributed by atoms with Crippen LogP contribution < -0.4 is 0 Å². The number of carbonyl (C=O) groups is 1. The van der Waals surface area contributed by atoms with Crippen LogP contribution in [0.25, 0.3) is 0 Å². The normalized spacial score (nSPS) is 10.1. The molecule has 1 heterocycles. The first-order valence-electron chi connectivity index (χ1n) is 5.95. The summed E-state index contributed by atoms with van der Waals surface area (Å²) in [7, 11) is 3.46. The van der Waals surface area contributed by atoms with E-state index in [1.54, 1.807) is 54.1 Å². The number of aryl methyl sites for hydroxylation is 1. The molecule has 1 amide bonds. The first-order valence-corrected chi connectivity index (χ1v) is 6.32. The van der Waals surface area contributed by atoms with Crippen LogP contribution in [0.2, 0.25) is 5.02 Å². The van der Waals surface area contributed by atoms with Gasteiger partial charge in [0.25, 0.3) is 5.91 Å². The number of hydrogen-bond donors (Lipinski definition) is 0. The Bertz CT molecular complexity index is 667. The molecule has 0 atom stereocenters. The highest BCUT2D eigenvalue weighted by molar-refractivity contribution is 6.31. The summed E-state index contributed by atoms with van der Waals surface area (Å²) >= 11 is 6.02. The van der Waals surface area contributed by atoms with E-state index >= 15 is 0 Å². The largest absolute Gasteiger partial charge is 0.336 e. The van der Waals surface area contributed by atoms with E-state index in [9.17, 15) is 4.79 Å². The van der Waals surface area contributed by atoms with Crippen LogP contribution in [0, 0.1) is 11.3 Å². The molecule has 0 saturated carbocycles. The summed E-state index contributed by atoms with van der Waals surface area (Å²) in [6, 6.07) is 8.63. The molecule has 20 heavy (non-hydrogen) atoms. The van der Waals surface area contributed by atoms with Crippen LogP contribution in [0.4, 0.5) is 0 Å². The first kappa shape index (κ1) is 14.1. The Kier molecular flexibility index (Phi) is 4.06. The molecule has 0 N–H and O–H groups in total. The van der Waals surface area contributed by atoms with Gasteiger partial charge in [0, 0.05) is 19.7 Å². The van der Waals surface area contributed by atoms with Crippen molar-refractivity contribution in [3.05, 3.63) is 52.3 Å². The second-order valence-corrected chi connectivity index (χ2v) is 4.82. The zero-order chi connectivity index (χ0) is 14.7. The predicted octanol–water partition coefficient (Wildman–Crippen LogP) is 2.22. The average Bonchev–Trinajstić information content (AvgIpc) is 2.78. The maximum absolute atomic E-state index is 12.3. The van der Waals surface area contributed by atoms with Crippen molar-refractivity contribution in [3.8, 4) is 6.07 Å². The van der Waals surface area contributed by atoms with Crippen LogP contribution in [-0.4, -0.2) is 27.6 Å². The monoisotopic (exact) mass is 288 g/mol. The standard InChI is InChI=1S/C14H13ClN4O/c1-18(9-13-12(15)8-17-19(13)2)14(20)11-5-3-4-10(6-11)7-16/h3-6,8H,9H2,1-2H3. The maximum Gasteiger partial charge on any atom is 0.253 e. The smallest absolute Gasteiger partial charge is 0.253 e. The number of nitriles is 1. The van der Waals surface area contributed by atoms with Crippen LogP contribution in [0.15, 0.2) is 30.5 Å². The summed E-state index contributed by atoms with van der Waals surface area (Å²) in [4.78, 5) is 13.8. The second kappa shape index (κ2) is 5.76. The number of halogens is 1. The summed E-state index contributed by atoms with van der Waals surface area (Å²) in [6.45, 7) is 0.352. The van der Waals surface area contributed by atoms with E-state index in [1.165, 1.54) is 0 Å². The number of aromatic nitrogens is 2. The molecule has 0 bridgehead atoms. The lowest BCUT2D eigenvalue weighted by molar-refractivity contribution is 0.0782. The summed E-state index contributed by atoms with van der Waals surface area (Å²) in [6.07, 6.45) is 1.55. The molecule has 2 aromatic rings. The van der Waals surface area contributed by atoms with Crippen LogP contribution in [0.3, 0.4) is 0 Å². The Hall–Kier alpha value is -2.32. The van der Waals surface area contributed by atoms with Gasteiger partial charge in [-0.1, -0.05) is 17.7 Å². The molecule has 0 aliphatic carbocycles. The quantitative estimate of drug-likeness (QED) is 0.870. The van der Waals surface area contributed by atoms with Gasteiger partial charge in [0.1, 0.15) is 0 Å². The Morgan fingerprint density at radius 2 is 2.30 bits per heavy atom. The molecule has 0 fully saturated rings. The molecule has 0 aliphatic heterocycles. The van der Waals surface area contributed by atoms with Gasteiger partial charge >= 0.3 is 0 Å². The van der Waals surface area contributed by atoms with Gasteiger partial charge in [-0.25, -0.2) is 0 Å². The third-order valence-electron chi connectivity index (χ3n) is 2.98. The van der Waals surface area contributed by atoms with Gasteiger partial charge in [-0.05, 0) is 18.2 Å². The molecule has 0 unspecified atom stereocenters. The van der Waals surface area contributed by atoms with Crippen molar-refractivity contribution in [1.82, 2.24) is 14.7 Å². The minimum absolute atomic E-state index is 0.167. The van der Waals surface area contributed by atoms with E-state index in [2.05, 4.69) is 5.10 Å². The average molecular weight is 289 g/mol. The van der Waals surface area contributed by atoms with Gasteiger partial charge in [0.2, 0.25) is 0 Å². The SMILES string of the molecule is CN(Cc1c(Cl)cnn1C)C(=O)c1cccc(C#N)c1. The Morgan fingerprint density at radius 1 is 1.55 bits per heavy atom. The lowest BCUT2D eigenvalue weighted by Crippen LogP contribution is -2.27. The Morgan fingerprint density at radius 3 is 2.90 bits per heavy atom. The molecule has 0 aliphatic rings. The third-order valence-corrected chi connectivity index (χ3v) is 3.30. The van der Waals surface area contributed by atoms with E-state index in [0.29, 0.717) is 22.7 Å². The molecule has 5 nitrogen and oxygen atoms in total. The molecule has 6 heteroatoms. The van der Waals surface area contributed by atoms with E-state index in [1.807, 2.05) is 6.07 Å². The Labute approximate surface area is 122 Å². The molecular weight excluding hydrogens is 276 g/mol. The number of nitrogens with zero attached hydrogens (tertiary/aromatic N) is 4. The third kappa shape index (κ3) is 2.81. The van der Waals surface area contributed by atoms with Crippen molar-refractivity contribution in [2.75, 3.05) is 7.05 Å². The van der Waals surface area contributed by atoms with Crippen LogP contribution in [0.5, 0.6) is 0 Å². The highest BCUT2D eigenvalue weighted by Gasteiger charge is 2.16. The van der Waals surface area contributed by atoms with Crippen LogP contribution in [-0.2, 0) is 13.6 Å². The molecule has 2 rings (SSSR count). The topological polar surface area (TPSA) is 61.9 Å². The summed E-state index contributed by atoms with van der Waals surface area (Å²) in [5.74, 6) is -0.167. The fourth-order valence-corrected chi connectivity index (χ4v) is 2.08. The highest BCUT2D eigenvalue weighted by Crippen LogP contribution is 2.17. The fourth-order valence-electron chi connectivity index (χ4n) is 1.85. The lowest BCUT2D eigenvalue weighted by atomic mass is 10.1. The minimum Gasteiger partial charge on any atom is -0.336 e. The van der Waals surface area contributed by atoms with E-state index in [-0.39, 0.29) is 5.91 Å². The zero-order valence-corrected chi connectivity index (χ0v) is 11.9. The highest BCUT2D eigenvalue weighted by atomic mass is 35.5. The molecule has 0 spiro atoms. The number of benzene rings is 1. The molecule has 1 aromatic carbocycles. The van der Waals surface area contributed by atoms with Gasteiger partial charge in [-0.2, -0.15) is 10.4 Å². The summed E-state index contributed by atoms with van der Waals surface area (Å²) in [5.41, 5.74) is 1.70. The van der Waals surface area contributed by atoms with Crippen molar-refractivity contribution >= 4 is 17.5 Å². The van der Waals surface area contributed by atoms with Crippen LogP contribution in [0.1, 0.15) is 21.6 Å². The Balaban J connectivity index is 2.19. The number of rotatable bonds is 3. The van der Waals surface area contributed by atoms with Gasteiger partial charge in [0.05, 0.1) is 35.1 Å². The number of carbonyl (C=O) groups excluding carboxylic acids is 1. The van der Waals surface area contributed by atoms with E-state index in [4.69, 9.17) is 16.9 Å². The van der Waals surface area contributed by atoms with E-state index < -0.39 is 0 Å². The summed E-state index contributed by atoms with van der Waals surface area (Å²) in [5, 5.41) is 13.4. The fraction of sp³-hybridized carbons (Fsp3) is 0.214. The maximum atomic E-state index is 12.3.